The molecule has 23 heavy (non-hydrogen) atoms. The van der Waals surface area contributed by atoms with Gasteiger partial charge in [-0.05, 0) is 56.6 Å². The maximum absolute atomic E-state index is 13.0. The van der Waals surface area contributed by atoms with Crippen LogP contribution in [-0.2, 0) is 14.8 Å². The zero-order valence-corrected chi connectivity index (χ0v) is 14.4. The third-order valence-electron chi connectivity index (χ3n) is 4.04. The number of esters is 1. The minimum absolute atomic E-state index is 0.0292. The number of rotatable bonds is 6. The van der Waals surface area contributed by atoms with E-state index < -0.39 is 16.0 Å². The summed E-state index contributed by atoms with van der Waals surface area (Å²) in [6, 6.07) is 5.97. The maximum Gasteiger partial charge on any atom is 0.337 e. The van der Waals surface area contributed by atoms with Crippen LogP contribution < -0.4 is 5.32 Å². The Balaban J connectivity index is 2.27. The minimum Gasteiger partial charge on any atom is -0.465 e. The molecule has 1 fully saturated rings. The Labute approximate surface area is 137 Å². The molecule has 1 saturated heterocycles. The first kappa shape index (κ1) is 17.9. The van der Waals surface area contributed by atoms with E-state index in [-0.39, 0.29) is 10.9 Å². The lowest BCUT2D eigenvalue weighted by atomic mass is 10.1. The molecule has 1 aliphatic rings. The Morgan fingerprint density at radius 1 is 1.26 bits per heavy atom. The lowest BCUT2D eigenvalue weighted by Crippen LogP contribution is -2.46. The van der Waals surface area contributed by atoms with Gasteiger partial charge in [0.2, 0.25) is 10.0 Å². The number of ether oxygens (including phenoxy) is 1. The largest absolute Gasteiger partial charge is 0.465 e. The van der Waals surface area contributed by atoms with Gasteiger partial charge in [-0.2, -0.15) is 4.31 Å². The molecule has 0 spiro atoms. The molecule has 128 valence electrons. The van der Waals surface area contributed by atoms with Crippen molar-refractivity contribution in [1.29, 1.82) is 0 Å². The van der Waals surface area contributed by atoms with Gasteiger partial charge in [0.15, 0.2) is 0 Å². The molecule has 6 nitrogen and oxygen atoms in total. The SMILES string of the molecule is CCCN(C1CCNCC1)S(=O)(=O)c1ccc(C(=O)OC)cc1. The van der Waals surface area contributed by atoms with Crippen LogP contribution in [0.25, 0.3) is 0 Å². The van der Waals surface area contributed by atoms with Crippen LogP contribution in [0.4, 0.5) is 0 Å². The normalized spacial score (nSPS) is 16.5. The molecule has 0 amide bonds. The van der Waals surface area contributed by atoms with Crippen molar-refractivity contribution in [2.75, 3.05) is 26.7 Å². The highest BCUT2D eigenvalue weighted by Gasteiger charge is 2.31. The maximum atomic E-state index is 13.0. The zero-order chi connectivity index (χ0) is 16.9. The fraction of sp³-hybridized carbons (Fsp3) is 0.562. The topological polar surface area (TPSA) is 75.7 Å². The molecule has 0 atom stereocenters. The molecule has 7 heteroatoms. The summed E-state index contributed by atoms with van der Waals surface area (Å²) in [6.07, 6.45) is 2.41. The number of hydrogen-bond acceptors (Lipinski definition) is 5. The van der Waals surface area contributed by atoms with Crippen LogP contribution in [0.15, 0.2) is 29.2 Å². The minimum atomic E-state index is -3.56. The zero-order valence-electron chi connectivity index (χ0n) is 13.6. The van der Waals surface area contributed by atoms with E-state index in [1.807, 2.05) is 6.92 Å². The van der Waals surface area contributed by atoms with Crippen molar-refractivity contribution in [3.63, 3.8) is 0 Å². The summed E-state index contributed by atoms with van der Waals surface area (Å²) in [4.78, 5) is 11.7. The molecule has 1 aromatic rings. The van der Waals surface area contributed by atoms with Crippen molar-refractivity contribution in [3.05, 3.63) is 29.8 Å². The summed E-state index contributed by atoms with van der Waals surface area (Å²) < 4.78 is 32.2. The van der Waals surface area contributed by atoms with Crippen LogP contribution in [0.3, 0.4) is 0 Å². The number of carbonyl (C=O) groups is 1. The van der Waals surface area contributed by atoms with E-state index in [9.17, 15) is 13.2 Å². The number of nitrogens with one attached hydrogen (secondary N) is 1. The fourth-order valence-corrected chi connectivity index (χ4v) is 4.61. The van der Waals surface area contributed by atoms with Crippen LogP contribution in [-0.4, -0.2) is 51.5 Å². The quantitative estimate of drug-likeness (QED) is 0.797. The number of methoxy groups -OCH3 is 1. The van der Waals surface area contributed by atoms with Gasteiger partial charge in [-0.3, -0.25) is 0 Å². The number of nitrogens with zero attached hydrogens (tertiary/aromatic N) is 1. The molecule has 0 radical (unpaired) electrons. The predicted molar refractivity (Wildman–Crippen MR) is 87.9 cm³/mol. The van der Waals surface area contributed by atoms with Crippen molar-refractivity contribution < 1.29 is 17.9 Å². The summed E-state index contributed by atoms with van der Waals surface area (Å²) in [5.74, 6) is -0.474. The Kier molecular flexibility index (Phi) is 6.15. The molecule has 2 rings (SSSR count). The van der Waals surface area contributed by atoms with E-state index >= 15 is 0 Å². The highest BCUT2D eigenvalue weighted by Crippen LogP contribution is 2.23. The number of piperidine rings is 1. The average Bonchev–Trinajstić information content (AvgIpc) is 2.59. The summed E-state index contributed by atoms with van der Waals surface area (Å²) in [5.41, 5.74) is 0.343. The first-order chi connectivity index (χ1) is 11.0. The number of sulfonamides is 1. The molecule has 1 N–H and O–H groups in total. The molecule has 0 saturated carbocycles. The highest BCUT2D eigenvalue weighted by molar-refractivity contribution is 7.89. The van der Waals surface area contributed by atoms with Crippen LogP contribution >= 0.6 is 0 Å². The average molecular weight is 340 g/mol. The summed E-state index contributed by atoms with van der Waals surface area (Å²) in [7, 11) is -2.26. The third kappa shape index (κ3) is 4.10. The van der Waals surface area contributed by atoms with E-state index in [1.54, 1.807) is 4.31 Å². The molecule has 0 unspecified atom stereocenters. The Morgan fingerprint density at radius 2 is 1.87 bits per heavy atom. The van der Waals surface area contributed by atoms with Gasteiger partial charge in [0.1, 0.15) is 0 Å². The van der Waals surface area contributed by atoms with Gasteiger partial charge in [-0.15, -0.1) is 0 Å². The van der Waals surface area contributed by atoms with Gasteiger partial charge in [0, 0.05) is 12.6 Å². The number of hydrogen-bond donors (Lipinski definition) is 1. The van der Waals surface area contributed by atoms with Crippen molar-refractivity contribution >= 4 is 16.0 Å². The smallest absolute Gasteiger partial charge is 0.337 e. The summed E-state index contributed by atoms with van der Waals surface area (Å²) >= 11 is 0. The standard InChI is InChI=1S/C16H24N2O4S/c1-3-12-18(14-8-10-17-11-9-14)23(20,21)15-6-4-13(5-7-15)16(19)22-2/h4-7,14,17H,3,8-12H2,1-2H3. The Morgan fingerprint density at radius 3 is 2.39 bits per heavy atom. The second-order valence-electron chi connectivity index (χ2n) is 5.61. The predicted octanol–water partition coefficient (Wildman–Crippen LogP) is 1.63. The van der Waals surface area contributed by atoms with Gasteiger partial charge in [0.05, 0.1) is 17.6 Å². The van der Waals surface area contributed by atoms with Crippen molar-refractivity contribution in [2.45, 2.75) is 37.1 Å². The van der Waals surface area contributed by atoms with Gasteiger partial charge in [-0.1, -0.05) is 6.92 Å². The molecule has 1 heterocycles. The van der Waals surface area contributed by atoms with Gasteiger partial charge in [0.25, 0.3) is 0 Å². The first-order valence-electron chi connectivity index (χ1n) is 7.91. The van der Waals surface area contributed by atoms with Crippen LogP contribution in [0.5, 0.6) is 0 Å². The van der Waals surface area contributed by atoms with E-state index in [1.165, 1.54) is 31.4 Å². The summed E-state index contributed by atoms with van der Waals surface area (Å²) in [6.45, 7) is 4.15. The lowest BCUT2D eigenvalue weighted by Gasteiger charge is -2.33. The number of carbonyl (C=O) groups excluding carboxylic acids is 1. The first-order valence-corrected chi connectivity index (χ1v) is 9.35. The molecule has 0 bridgehead atoms. The molecule has 0 aromatic heterocycles. The monoisotopic (exact) mass is 340 g/mol. The fourth-order valence-electron chi connectivity index (χ4n) is 2.83. The Hall–Kier alpha value is -1.44. The highest BCUT2D eigenvalue weighted by atomic mass is 32.2. The van der Waals surface area contributed by atoms with E-state index in [4.69, 9.17) is 0 Å². The molecular formula is C16H24N2O4S. The summed E-state index contributed by atoms with van der Waals surface area (Å²) in [5, 5.41) is 3.26. The van der Waals surface area contributed by atoms with Crippen LogP contribution in [0.1, 0.15) is 36.5 Å². The molecule has 0 aliphatic carbocycles. The van der Waals surface area contributed by atoms with Gasteiger partial charge >= 0.3 is 5.97 Å². The molecular weight excluding hydrogens is 316 g/mol. The van der Waals surface area contributed by atoms with Crippen molar-refractivity contribution in [1.82, 2.24) is 9.62 Å². The van der Waals surface area contributed by atoms with Crippen LogP contribution in [0, 0.1) is 0 Å². The van der Waals surface area contributed by atoms with E-state index in [0.29, 0.717) is 12.1 Å². The van der Waals surface area contributed by atoms with E-state index in [2.05, 4.69) is 10.1 Å². The van der Waals surface area contributed by atoms with Gasteiger partial charge < -0.3 is 10.1 Å². The molecule has 1 aliphatic heterocycles. The van der Waals surface area contributed by atoms with E-state index in [0.717, 1.165) is 32.4 Å². The second kappa shape index (κ2) is 7.90. The third-order valence-corrected chi connectivity index (χ3v) is 6.01. The van der Waals surface area contributed by atoms with Gasteiger partial charge in [-0.25, -0.2) is 13.2 Å². The Bertz CT molecular complexity index is 622. The molecule has 1 aromatic carbocycles. The second-order valence-corrected chi connectivity index (χ2v) is 7.50. The number of benzene rings is 1. The van der Waals surface area contributed by atoms with Crippen LogP contribution in [0.2, 0.25) is 0 Å². The van der Waals surface area contributed by atoms with Crippen molar-refractivity contribution in [3.8, 4) is 0 Å². The van der Waals surface area contributed by atoms with Crippen molar-refractivity contribution in [2.24, 2.45) is 0 Å². The lowest BCUT2D eigenvalue weighted by molar-refractivity contribution is 0.0600.